The van der Waals surface area contributed by atoms with Gasteiger partial charge in [-0.3, -0.25) is 14.8 Å². The van der Waals surface area contributed by atoms with Gasteiger partial charge in [0.25, 0.3) is 0 Å². The van der Waals surface area contributed by atoms with Crippen molar-refractivity contribution in [1.82, 2.24) is 10.3 Å². The van der Waals surface area contributed by atoms with Crippen LogP contribution in [-0.4, -0.2) is 79.7 Å². The molecule has 318 valence electrons. The number of hydrogen-bond donors (Lipinski definition) is 5. The van der Waals surface area contributed by atoms with E-state index in [9.17, 15) is 20.1 Å². The van der Waals surface area contributed by atoms with E-state index in [0.717, 1.165) is 75.3 Å². The Bertz CT molecular complexity index is 1980. The molecule has 2 aromatic carbocycles. The summed E-state index contributed by atoms with van der Waals surface area (Å²) in [4.78, 5) is 21.3. The van der Waals surface area contributed by atoms with Gasteiger partial charge in [-0.05, 0) is 98.4 Å². The summed E-state index contributed by atoms with van der Waals surface area (Å²) in [7, 11) is 5.74. The predicted octanol–water partition coefficient (Wildman–Crippen LogP) is 7.91. The Labute approximate surface area is 354 Å². The van der Waals surface area contributed by atoms with Crippen molar-refractivity contribution in [3.63, 3.8) is 0 Å². The van der Waals surface area contributed by atoms with E-state index in [2.05, 4.69) is 15.3 Å². The van der Waals surface area contributed by atoms with Crippen LogP contribution in [0.5, 0.6) is 28.7 Å². The van der Waals surface area contributed by atoms with Crippen LogP contribution in [0.15, 0.2) is 59.9 Å². The molecule has 6 N–H and O–H groups in total. The Morgan fingerprint density at radius 3 is 2.66 bits per heavy atom. The standard InChI is InChI=1S/C45H58N4O8S2/c1-27(50)55-37-24-36(30-22-35(52)41(53)39(23-30)54-19-14-28-8-7-18-48-26-28)57-42-32(37)11-13-40-33(42)20-29-10-12-34(51)38(21-29)56-31-9-6-15-44(25-31,49-43(46)47-2)45(59-58-40)16-4-3-5-17-45/h7-8,10,12,18,21-23,26,31-33,36-37,40,42,51-53H,3-6,9,11,13-17,19-20,24-25H2,1-2H3,(H3,46,47,49)/t31-,32-,33-,36-,37-,40-,42+,44-/m0/s1. The van der Waals surface area contributed by atoms with E-state index in [-0.39, 0.29) is 75.2 Å². The van der Waals surface area contributed by atoms with Crippen LogP contribution in [0, 0.1) is 11.8 Å². The van der Waals surface area contributed by atoms with Crippen LogP contribution in [-0.2, 0) is 27.1 Å². The molecular weight excluding hydrogens is 789 g/mol. The maximum absolute atomic E-state index is 12.7. The number of fused-ring (bicyclic) bond motifs is 8. The number of phenolic OH excluding ortho intramolecular Hbond substituents is 3. The molecule has 1 spiro atoms. The summed E-state index contributed by atoms with van der Waals surface area (Å²) in [6.45, 7) is 1.72. The minimum absolute atomic E-state index is 0.00244. The van der Waals surface area contributed by atoms with Crippen molar-refractivity contribution in [3.05, 3.63) is 71.5 Å². The SMILES string of the molecule is CN=C(N)N[C@@]12CCC[C@@H](C1)Oc1cc(ccc1O)C[C@@H]1[C@@H]3O[C@H](c4cc(O)c(O)c(OCCc5cccnc5)c4)C[C@H](OC(C)=O)[C@@H]3CC[C@@H]1SSC21CCCCC1. The number of benzene rings is 2. The molecule has 59 heavy (non-hydrogen) atoms. The van der Waals surface area contributed by atoms with Crippen molar-refractivity contribution in [2.75, 3.05) is 13.7 Å². The fourth-order valence-corrected chi connectivity index (χ4v) is 15.0. The summed E-state index contributed by atoms with van der Waals surface area (Å²) in [5.41, 5.74) is 8.85. The van der Waals surface area contributed by atoms with Crippen LogP contribution >= 0.6 is 21.6 Å². The average Bonchev–Trinajstić information content (AvgIpc) is 3.23. The van der Waals surface area contributed by atoms with Gasteiger partial charge in [0.2, 0.25) is 5.75 Å². The smallest absolute Gasteiger partial charge is 0.302 e. The third-order valence-electron chi connectivity index (χ3n) is 13.5. The lowest BCUT2D eigenvalue weighted by atomic mass is 9.66. The molecule has 14 heteroatoms. The predicted molar refractivity (Wildman–Crippen MR) is 230 cm³/mol. The highest BCUT2D eigenvalue weighted by Gasteiger charge is 2.57. The van der Waals surface area contributed by atoms with Gasteiger partial charge in [0, 0.05) is 67.5 Å². The van der Waals surface area contributed by atoms with Gasteiger partial charge in [-0.2, -0.15) is 0 Å². The van der Waals surface area contributed by atoms with Gasteiger partial charge in [-0.1, -0.05) is 53.0 Å². The van der Waals surface area contributed by atoms with Crippen molar-refractivity contribution >= 4 is 33.5 Å². The van der Waals surface area contributed by atoms with Crippen LogP contribution in [0.25, 0.3) is 0 Å². The second-order valence-electron chi connectivity index (χ2n) is 17.2. The number of aromatic nitrogens is 1. The van der Waals surface area contributed by atoms with Gasteiger partial charge >= 0.3 is 5.97 Å². The molecular formula is C45H58N4O8S2. The van der Waals surface area contributed by atoms with Gasteiger partial charge < -0.3 is 45.3 Å². The number of carbonyl (C=O) groups is 1. The van der Waals surface area contributed by atoms with E-state index >= 15 is 0 Å². The van der Waals surface area contributed by atoms with E-state index in [1.54, 1.807) is 31.6 Å². The van der Waals surface area contributed by atoms with Gasteiger partial charge in [0.15, 0.2) is 29.0 Å². The molecule has 1 aromatic heterocycles. The largest absolute Gasteiger partial charge is 0.504 e. The highest BCUT2D eigenvalue weighted by molar-refractivity contribution is 8.77. The number of nitrogens with zero attached hydrogens (tertiary/aromatic N) is 2. The molecule has 3 saturated carbocycles. The Balaban J connectivity index is 1.15. The highest BCUT2D eigenvalue weighted by Crippen LogP contribution is 2.60. The molecule has 3 heterocycles. The summed E-state index contributed by atoms with van der Waals surface area (Å²) in [5, 5.41) is 37.0. The van der Waals surface area contributed by atoms with E-state index < -0.39 is 12.2 Å². The molecule has 8 rings (SSSR count). The number of aliphatic imine (C=N–C) groups is 1. The van der Waals surface area contributed by atoms with E-state index in [1.807, 2.05) is 45.9 Å². The van der Waals surface area contributed by atoms with Crippen molar-refractivity contribution in [2.24, 2.45) is 22.6 Å². The van der Waals surface area contributed by atoms with Gasteiger partial charge in [-0.25, -0.2) is 0 Å². The molecule has 5 aliphatic rings. The van der Waals surface area contributed by atoms with Crippen molar-refractivity contribution in [3.8, 4) is 28.7 Å². The second-order valence-corrected chi connectivity index (χ2v) is 20.0. The first-order valence-corrected chi connectivity index (χ1v) is 23.5. The van der Waals surface area contributed by atoms with E-state index in [0.29, 0.717) is 36.5 Å². The Morgan fingerprint density at radius 1 is 1.03 bits per heavy atom. The molecule has 0 radical (unpaired) electrons. The number of rotatable bonds is 7. The summed E-state index contributed by atoms with van der Waals surface area (Å²) < 4.78 is 26.0. The summed E-state index contributed by atoms with van der Waals surface area (Å²) in [6, 6.07) is 12.8. The lowest BCUT2D eigenvalue weighted by molar-refractivity contribution is -0.191. The van der Waals surface area contributed by atoms with Crippen molar-refractivity contribution in [1.29, 1.82) is 0 Å². The number of carbonyl (C=O) groups excluding carboxylic acids is 1. The highest BCUT2D eigenvalue weighted by atomic mass is 33.1. The quantitative estimate of drug-likeness (QED) is 0.0510. The van der Waals surface area contributed by atoms with Gasteiger partial charge in [-0.15, -0.1) is 0 Å². The summed E-state index contributed by atoms with van der Waals surface area (Å²) in [5.74, 6) is 0.156. The number of phenols is 3. The topological polar surface area (TPSA) is 178 Å². The number of hydrogen-bond acceptors (Lipinski definition) is 12. The first kappa shape index (κ1) is 41.7. The number of esters is 1. The lowest BCUT2D eigenvalue weighted by Crippen LogP contribution is -2.67. The second kappa shape index (κ2) is 17.9. The number of pyridine rings is 1. The first-order valence-electron chi connectivity index (χ1n) is 21.3. The van der Waals surface area contributed by atoms with Crippen LogP contribution in [0.3, 0.4) is 0 Å². The first-order chi connectivity index (χ1) is 28.5. The fraction of sp³-hybridized carbons (Fsp3) is 0.578. The van der Waals surface area contributed by atoms with E-state index in [4.69, 9.17) is 24.7 Å². The number of nitrogens with two attached hydrogens (primary N) is 1. The molecule has 2 aliphatic heterocycles. The van der Waals surface area contributed by atoms with Crippen LogP contribution in [0.2, 0.25) is 0 Å². The molecule has 3 aromatic rings. The molecule has 1 saturated heterocycles. The van der Waals surface area contributed by atoms with Crippen LogP contribution < -0.4 is 20.5 Å². The molecule has 4 bridgehead atoms. The monoisotopic (exact) mass is 846 g/mol. The average molecular weight is 847 g/mol. The number of nitrogens with one attached hydrogen (secondary N) is 1. The number of ether oxygens (including phenoxy) is 4. The molecule has 0 unspecified atom stereocenters. The lowest BCUT2D eigenvalue weighted by Gasteiger charge is -2.56. The zero-order valence-corrected chi connectivity index (χ0v) is 35.6. The van der Waals surface area contributed by atoms with Crippen molar-refractivity contribution in [2.45, 2.75) is 137 Å². The normalized spacial score (nSPS) is 30.5. The Hall–Kier alpha value is -4.01. The van der Waals surface area contributed by atoms with Crippen LogP contribution in [0.1, 0.15) is 107 Å². The Morgan fingerprint density at radius 2 is 1.88 bits per heavy atom. The van der Waals surface area contributed by atoms with Gasteiger partial charge in [0.1, 0.15) is 12.2 Å². The number of aromatic hydroxyl groups is 3. The molecule has 12 nitrogen and oxygen atoms in total. The minimum Gasteiger partial charge on any atom is -0.504 e. The summed E-state index contributed by atoms with van der Waals surface area (Å²) in [6.07, 6.45) is 14.6. The molecule has 0 amide bonds. The van der Waals surface area contributed by atoms with Gasteiger partial charge in [0.05, 0.1) is 24.4 Å². The zero-order chi connectivity index (χ0) is 41.1. The summed E-state index contributed by atoms with van der Waals surface area (Å²) >= 11 is 0. The molecule has 8 atom stereocenters. The third-order valence-corrected chi connectivity index (χ3v) is 17.5. The molecule has 4 fully saturated rings. The van der Waals surface area contributed by atoms with Crippen LogP contribution in [0.4, 0.5) is 0 Å². The third kappa shape index (κ3) is 8.91. The maximum Gasteiger partial charge on any atom is 0.302 e. The fourth-order valence-electron chi connectivity index (χ4n) is 10.6. The minimum atomic E-state index is -0.555. The van der Waals surface area contributed by atoms with E-state index in [1.165, 1.54) is 19.4 Å². The zero-order valence-electron chi connectivity index (χ0n) is 34.0. The maximum atomic E-state index is 12.7. The Kier molecular flexibility index (Phi) is 12.7. The molecule has 3 aliphatic carbocycles. The number of guanidine groups is 1. The van der Waals surface area contributed by atoms with Crippen molar-refractivity contribution < 1.29 is 39.1 Å².